The maximum atomic E-state index is 13.8. The van der Waals surface area contributed by atoms with Crippen LogP contribution in [-0.4, -0.2) is 31.7 Å². The Balaban J connectivity index is 1.07. The molecular weight excluding hydrogens is 789 g/mol. The third kappa shape index (κ3) is 11.8. The summed E-state index contributed by atoms with van der Waals surface area (Å²) < 4.78 is 11.8. The van der Waals surface area contributed by atoms with E-state index in [0.717, 1.165) is 22.3 Å². The van der Waals surface area contributed by atoms with Crippen molar-refractivity contribution >= 4 is 34.8 Å². The first-order valence-electron chi connectivity index (χ1n) is 19.5. The maximum absolute atomic E-state index is 13.8. The van der Waals surface area contributed by atoms with Gasteiger partial charge in [0.05, 0.1) is 9.85 Å². The summed E-state index contributed by atoms with van der Waals surface area (Å²) in [6.45, 7) is 1.02. The molecule has 7 aromatic rings. The van der Waals surface area contributed by atoms with Crippen LogP contribution in [0.1, 0.15) is 22.3 Å². The van der Waals surface area contributed by atoms with Crippen molar-refractivity contribution < 1.29 is 28.9 Å². The van der Waals surface area contributed by atoms with Crippen LogP contribution in [0.5, 0.6) is 23.0 Å². The van der Waals surface area contributed by atoms with Gasteiger partial charge >= 0.3 is 12.1 Å². The number of nitrogens with zero attached hydrogens (tertiary/aromatic N) is 4. The van der Waals surface area contributed by atoms with E-state index >= 15 is 0 Å². The quantitative estimate of drug-likeness (QED) is 0.0716. The normalized spacial score (nSPS) is 10.6. The van der Waals surface area contributed by atoms with Crippen LogP contribution in [0, 0.1) is 20.2 Å². The number of benzene rings is 7. The molecule has 7 aromatic carbocycles. The lowest BCUT2D eigenvalue weighted by Crippen LogP contribution is -2.34. The molecule has 62 heavy (non-hydrogen) atoms. The van der Waals surface area contributed by atoms with E-state index in [1.54, 1.807) is 34.1 Å². The molecule has 2 N–H and O–H groups in total. The molecule has 310 valence electrons. The number of ether oxygens (including phenoxy) is 2. The third-order valence-electron chi connectivity index (χ3n) is 9.52. The van der Waals surface area contributed by atoms with E-state index < -0.39 is 9.85 Å². The Kier molecular flexibility index (Phi) is 13.4. The van der Waals surface area contributed by atoms with Crippen molar-refractivity contribution in [1.82, 2.24) is 9.80 Å². The molecule has 0 bridgehead atoms. The van der Waals surface area contributed by atoms with Gasteiger partial charge in [0.25, 0.3) is 11.4 Å². The molecule has 0 saturated carbocycles. The van der Waals surface area contributed by atoms with Gasteiger partial charge in [0, 0.05) is 61.8 Å². The molecule has 0 atom stereocenters. The SMILES string of the molecule is O=C(Nc1ccccc1)N(Cc1ccc(Oc2ccc([N+](=O)[O-])cc2)cc1)Cc1cccc(CN(Cc2ccc(Oc3ccc([N+](=O)[O-])cc3)cc2)C(=O)Nc2ccccc2)c1. The smallest absolute Gasteiger partial charge is 0.322 e. The Hall–Kier alpha value is -8.52. The van der Waals surface area contributed by atoms with Gasteiger partial charge in [-0.15, -0.1) is 0 Å². The van der Waals surface area contributed by atoms with Crippen molar-refractivity contribution in [3.05, 3.63) is 224 Å². The topological polar surface area (TPSA) is 169 Å². The molecule has 0 unspecified atom stereocenters. The molecule has 0 fully saturated rings. The second kappa shape index (κ2) is 20.0. The van der Waals surface area contributed by atoms with E-state index in [2.05, 4.69) is 10.6 Å². The number of nitrogens with one attached hydrogen (secondary N) is 2. The minimum atomic E-state index is -0.470. The highest BCUT2D eigenvalue weighted by molar-refractivity contribution is 5.90. The molecule has 0 heterocycles. The van der Waals surface area contributed by atoms with Gasteiger partial charge in [-0.05, 0) is 95.1 Å². The molecule has 7 rings (SSSR count). The number of hydrogen-bond acceptors (Lipinski definition) is 8. The molecule has 0 aliphatic rings. The van der Waals surface area contributed by atoms with Crippen LogP contribution in [0.4, 0.5) is 32.3 Å². The predicted octanol–water partition coefficient (Wildman–Crippen LogP) is 11.6. The Morgan fingerprint density at radius 3 is 1.08 bits per heavy atom. The molecule has 0 radical (unpaired) electrons. The summed E-state index contributed by atoms with van der Waals surface area (Å²) in [5, 5.41) is 28.1. The van der Waals surface area contributed by atoms with Crippen LogP contribution in [0.25, 0.3) is 0 Å². The number of urea groups is 2. The Morgan fingerprint density at radius 1 is 0.419 bits per heavy atom. The number of hydrogen-bond donors (Lipinski definition) is 2. The number of para-hydroxylation sites is 2. The van der Waals surface area contributed by atoms with Crippen molar-refractivity contribution in [2.24, 2.45) is 0 Å². The van der Waals surface area contributed by atoms with Gasteiger partial charge in [-0.3, -0.25) is 20.2 Å². The number of nitro groups is 2. The number of anilines is 2. The molecule has 0 aliphatic carbocycles. The summed E-state index contributed by atoms with van der Waals surface area (Å²) >= 11 is 0. The molecule has 0 aromatic heterocycles. The van der Waals surface area contributed by atoms with Gasteiger partial charge in [0.2, 0.25) is 0 Å². The highest BCUT2D eigenvalue weighted by atomic mass is 16.6. The van der Waals surface area contributed by atoms with Crippen molar-refractivity contribution in [3.8, 4) is 23.0 Å². The zero-order valence-electron chi connectivity index (χ0n) is 33.2. The Morgan fingerprint density at radius 2 is 0.742 bits per heavy atom. The minimum absolute atomic E-state index is 0.0317. The van der Waals surface area contributed by atoms with Crippen molar-refractivity contribution in [3.63, 3.8) is 0 Å². The summed E-state index contributed by atoms with van der Waals surface area (Å²) in [5.41, 5.74) is 4.61. The average Bonchev–Trinajstić information content (AvgIpc) is 3.28. The fourth-order valence-corrected chi connectivity index (χ4v) is 6.42. The van der Waals surface area contributed by atoms with E-state index in [9.17, 15) is 29.8 Å². The summed E-state index contributed by atoms with van der Waals surface area (Å²) in [6, 6.07) is 51.7. The number of rotatable bonds is 16. The maximum Gasteiger partial charge on any atom is 0.322 e. The van der Waals surface area contributed by atoms with Gasteiger partial charge in [-0.1, -0.05) is 84.9 Å². The van der Waals surface area contributed by atoms with Crippen LogP contribution in [0.15, 0.2) is 182 Å². The fourth-order valence-electron chi connectivity index (χ4n) is 6.42. The van der Waals surface area contributed by atoms with Gasteiger partial charge in [-0.25, -0.2) is 9.59 Å². The van der Waals surface area contributed by atoms with E-state index in [1.165, 1.54) is 48.5 Å². The van der Waals surface area contributed by atoms with Gasteiger partial charge in [0.1, 0.15) is 23.0 Å². The molecule has 0 aliphatic heterocycles. The zero-order chi connectivity index (χ0) is 43.3. The first-order chi connectivity index (χ1) is 30.1. The number of non-ortho nitro benzene ring substituents is 2. The molecular formula is C48H40N6O8. The van der Waals surface area contributed by atoms with Gasteiger partial charge in [-0.2, -0.15) is 0 Å². The van der Waals surface area contributed by atoms with Gasteiger partial charge in [0.15, 0.2) is 0 Å². The lowest BCUT2D eigenvalue weighted by molar-refractivity contribution is -0.385. The van der Waals surface area contributed by atoms with Crippen LogP contribution in [0.2, 0.25) is 0 Å². The van der Waals surface area contributed by atoms with E-state index in [4.69, 9.17) is 9.47 Å². The molecule has 14 nitrogen and oxygen atoms in total. The number of carbonyl (C=O) groups is 2. The largest absolute Gasteiger partial charge is 0.457 e. The molecule has 0 saturated heterocycles. The lowest BCUT2D eigenvalue weighted by Gasteiger charge is -2.25. The second-order valence-electron chi connectivity index (χ2n) is 14.1. The Labute approximate surface area is 356 Å². The van der Waals surface area contributed by atoms with Crippen molar-refractivity contribution in [2.45, 2.75) is 26.2 Å². The first kappa shape index (κ1) is 41.6. The van der Waals surface area contributed by atoms with Crippen molar-refractivity contribution in [1.29, 1.82) is 0 Å². The number of nitro benzene ring substituents is 2. The average molecular weight is 829 g/mol. The van der Waals surface area contributed by atoms with Crippen LogP contribution >= 0.6 is 0 Å². The summed E-state index contributed by atoms with van der Waals surface area (Å²) in [7, 11) is 0. The number of amides is 4. The predicted molar refractivity (Wildman–Crippen MR) is 235 cm³/mol. The second-order valence-corrected chi connectivity index (χ2v) is 14.1. The van der Waals surface area contributed by atoms with E-state index in [0.29, 0.717) is 34.4 Å². The third-order valence-corrected chi connectivity index (χ3v) is 9.52. The Bertz CT molecular complexity index is 2430. The summed E-state index contributed by atoms with van der Waals surface area (Å²) in [5.74, 6) is 1.96. The van der Waals surface area contributed by atoms with E-state index in [1.807, 2.05) is 109 Å². The summed E-state index contributed by atoms with van der Waals surface area (Å²) in [4.78, 5) is 52.2. The van der Waals surface area contributed by atoms with Crippen molar-refractivity contribution in [2.75, 3.05) is 10.6 Å². The lowest BCUT2D eigenvalue weighted by atomic mass is 10.1. The molecule has 14 heteroatoms. The molecule has 4 amide bonds. The van der Waals surface area contributed by atoms with Crippen LogP contribution in [0.3, 0.4) is 0 Å². The van der Waals surface area contributed by atoms with Gasteiger partial charge < -0.3 is 29.9 Å². The standard InChI is InChI=1S/C48H40N6O8/c55-47(49-39-10-3-1-4-11-39)51(31-35-14-22-43(23-15-35)61-45-26-18-41(19-27-45)53(57)58)33-37-8-7-9-38(30-37)34-52(48(56)50-40-12-5-2-6-13-40)32-36-16-24-44(25-17-36)62-46-28-20-42(21-29-46)54(59)60/h1-30H,31-34H2,(H,49,55)(H,50,56). The highest BCUT2D eigenvalue weighted by Gasteiger charge is 2.19. The van der Waals surface area contributed by atoms with Crippen LogP contribution in [-0.2, 0) is 26.2 Å². The van der Waals surface area contributed by atoms with Crippen LogP contribution < -0.4 is 20.1 Å². The fraction of sp³-hybridized carbons (Fsp3) is 0.0833. The molecule has 0 spiro atoms. The van der Waals surface area contributed by atoms with E-state index in [-0.39, 0.29) is 49.6 Å². The number of carbonyl (C=O) groups excluding carboxylic acids is 2. The highest BCUT2D eigenvalue weighted by Crippen LogP contribution is 2.27. The first-order valence-corrected chi connectivity index (χ1v) is 19.5. The zero-order valence-corrected chi connectivity index (χ0v) is 33.2. The summed E-state index contributed by atoms with van der Waals surface area (Å²) in [6.07, 6.45) is 0. The monoisotopic (exact) mass is 828 g/mol. The minimum Gasteiger partial charge on any atom is -0.457 e.